The smallest absolute Gasteiger partial charge is 0.338 e. The quantitative estimate of drug-likeness (QED) is 0.858. The van der Waals surface area contributed by atoms with Gasteiger partial charge in [-0.25, -0.2) is 9.59 Å². The van der Waals surface area contributed by atoms with Gasteiger partial charge in [-0.3, -0.25) is 0 Å². The van der Waals surface area contributed by atoms with Crippen molar-refractivity contribution in [3.05, 3.63) is 35.4 Å². The Bertz CT molecular complexity index is 496. The highest BCUT2D eigenvalue weighted by molar-refractivity contribution is 5.92. The van der Waals surface area contributed by atoms with Crippen LogP contribution in [0.2, 0.25) is 0 Å². The number of aromatic carboxylic acids is 1. The minimum absolute atomic E-state index is 0.00773. The summed E-state index contributed by atoms with van der Waals surface area (Å²) in [5.74, 6) is 0.0573. The van der Waals surface area contributed by atoms with Gasteiger partial charge in [-0.05, 0) is 61.8 Å². The molecule has 1 aromatic rings. The molecule has 1 fully saturated rings. The predicted molar refractivity (Wildman–Crippen MR) is 79.4 cm³/mol. The molecule has 0 atom stereocenters. The fourth-order valence-electron chi connectivity index (χ4n) is 2.84. The van der Waals surface area contributed by atoms with Crippen LogP contribution in [-0.4, -0.2) is 23.1 Å². The van der Waals surface area contributed by atoms with Gasteiger partial charge in [0.15, 0.2) is 0 Å². The van der Waals surface area contributed by atoms with Gasteiger partial charge in [0.1, 0.15) is 6.10 Å². The molecule has 0 spiro atoms. The van der Waals surface area contributed by atoms with E-state index < -0.39 is 5.97 Å². The molecule has 21 heavy (non-hydrogen) atoms. The molecular weight excluding hydrogens is 268 g/mol. The number of carbonyl (C=O) groups is 2. The number of rotatable bonds is 4. The van der Waals surface area contributed by atoms with Crippen molar-refractivity contribution in [1.82, 2.24) is 0 Å². The summed E-state index contributed by atoms with van der Waals surface area (Å²) in [6.45, 7) is 4.47. The van der Waals surface area contributed by atoms with Gasteiger partial charge < -0.3 is 9.84 Å². The summed E-state index contributed by atoms with van der Waals surface area (Å²) in [5, 5.41) is 8.83. The Morgan fingerprint density at radius 2 is 1.57 bits per heavy atom. The van der Waals surface area contributed by atoms with Crippen LogP contribution in [0, 0.1) is 11.8 Å². The van der Waals surface area contributed by atoms with Crippen molar-refractivity contribution in [3.63, 3.8) is 0 Å². The molecule has 1 aliphatic rings. The molecule has 1 N–H and O–H groups in total. The van der Waals surface area contributed by atoms with Gasteiger partial charge in [-0.1, -0.05) is 13.8 Å². The van der Waals surface area contributed by atoms with Crippen molar-refractivity contribution in [1.29, 1.82) is 0 Å². The fourth-order valence-corrected chi connectivity index (χ4v) is 2.84. The van der Waals surface area contributed by atoms with Gasteiger partial charge in [0.2, 0.25) is 0 Å². The summed E-state index contributed by atoms with van der Waals surface area (Å²) >= 11 is 0. The third kappa shape index (κ3) is 4.06. The minimum atomic E-state index is -0.998. The van der Waals surface area contributed by atoms with E-state index in [1.807, 2.05) is 0 Å². The highest BCUT2D eigenvalue weighted by Gasteiger charge is 2.25. The number of hydrogen-bond acceptors (Lipinski definition) is 3. The highest BCUT2D eigenvalue weighted by atomic mass is 16.5. The molecule has 0 aromatic heterocycles. The first-order valence-corrected chi connectivity index (χ1v) is 7.51. The molecular formula is C17H22O4. The van der Waals surface area contributed by atoms with Gasteiger partial charge in [0.05, 0.1) is 11.1 Å². The zero-order valence-electron chi connectivity index (χ0n) is 12.5. The van der Waals surface area contributed by atoms with Crippen LogP contribution in [0.4, 0.5) is 0 Å². The Kier molecular flexibility index (Phi) is 4.99. The van der Waals surface area contributed by atoms with Crippen LogP contribution in [0.3, 0.4) is 0 Å². The Hall–Kier alpha value is -1.84. The fraction of sp³-hybridized carbons (Fsp3) is 0.529. The average Bonchev–Trinajstić information content (AvgIpc) is 2.47. The molecule has 0 bridgehead atoms. The number of ether oxygens (including phenoxy) is 1. The van der Waals surface area contributed by atoms with E-state index in [1.54, 1.807) is 0 Å². The molecule has 1 aliphatic carbocycles. The molecule has 0 saturated heterocycles. The van der Waals surface area contributed by atoms with Crippen LogP contribution in [0.5, 0.6) is 0 Å². The maximum absolute atomic E-state index is 12.0. The van der Waals surface area contributed by atoms with Crippen molar-refractivity contribution < 1.29 is 19.4 Å². The van der Waals surface area contributed by atoms with Crippen LogP contribution in [-0.2, 0) is 4.74 Å². The van der Waals surface area contributed by atoms with E-state index >= 15 is 0 Å². The SMILES string of the molecule is CC(C)C1CCC(OC(=O)c2ccc(C(=O)O)cc2)CC1. The van der Waals surface area contributed by atoms with E-state index in [1.165, 1.54) is 24.3 Å². The van der Waals surface area contributed by atoms with E-state index in [2.05, 4.69) is 13.8 Å². The molecule has 0 unspecified atom stereocenters. The molecule has 0 aliphatic heterocycles. The lowest BCUT2D eigenvalue weighted by atomic mass is 9.80. The maximum Gasteiger partial charge on any atom is 0.338 e. The molecule has 1 aromatic carbocycles. The maximum atomic E-state index is 12.0. The van der Waals surface area contributed by atoms with Crippen LogP contribution in [0.25, 0.3) is 0 Å². The number of carboxylic acids is 1. The summed E-state index contributed by atoms with van der Waals surface area (Å²) in [5.41, 5.74) is 0.579. The first-order chi connectivity index (χ1) is 9.97. The number of carbonyl (C=O) groups excluding carboxylic acids is 1. The largest absolute Gasteiger partial charge is 0.478 e. The Morgan fingerprint density at radius 3 is 2.05 bits per heavy atom. The third-order valence-corrected chi connectivity index (χ3v) is 4.30. The Balaban J connectivity index is 1.89. The lowest BCUT2D eigenvalue weighted by Gasteiger charge is -2.30. The number of hydrogen-bond donors (Lipinski definition) is 1. The second-order valence-electron chi connectivity index (χ2n) is 6.07. The van der Waals surface area contributed by atoms with Gasteiger partial charge in [0, 0.05) is 0 Å². The Labute approximate surface area is 125 Å². The first kappa shape index (κ1) is 15.5. The molecule has 0 heterocycles. The summed E-state index contributed by atoms with van der Waals surface area (Å²) in [6, 6.07) is 5.86. The highest BCUT2D eigenvalue weighted by Crippen LogP contribution is 2.31. The number of esters is 1. The average molecular weight is 290 g/mol. The first-order valence-electron chi connectivity index (χ1n) is 7.51. The molecule has 2 rings (SSSR count). The lowest BCUT2D eigenvalue weighted by molar-refractivity contribution is 0.0142. The lowest BCUT2D eigenvalue weighted by Crippen LogP contribution is -2.26. The predicted octanol–water partition coefficient (Wildman–Crippen LogP) is 3.76. The van der Waals surface area contributed by atoms with Crippen molar-refractivity contribution in [2.45, 2.75) is 45.6 Å². The van der Waals surface area contributed by atoms with E-state index in [0.717, 1.165) is 31.6 Å². The topological polar surface area (TPSA) is 63.6 Å². The normalized spacial score (nSPS) is 22.0. The molecule has 114 valence electrons. The van der Waals surface area contributed by atoms with Crippen LogP contribution < -0.4 is 0 Å². The van der Waals surface area contributed by atoms with Crippen molar-refractivity contribution in [2.24, 2.45) is 11.8 Å². The number of carboxylic acid groups (broad SMARTS) is 1. The monoisotopic (exact) mass is 290 g/mol. The van der Waals surface area contributed by atoms with Crippen molar-refractivity contribution >= 4 is 11.9 Å². The molecule has 0 radical (unpaired) electrons. The van der Waals surface area contributed by atoms with Gasteiger partial charge in [0.25, 0.3) is 0 Å². The molecule has 1 saturated carbocycles. The molecule has 4 nitrogen and oxygen atoms in total. The second-order valence-corrected chi connectivity index (χ2v) is 6.07. The van der Waals surface area contributed by atoms with Gasteiger partial charge in [-0.2, -0.15) is 0 Å². The number of benzene rings is 1. The van der Waals surface area contributed by atoms with Gasteiger partial charge >= 0.3 is 11.9 Å². The van der Waals surface area contributed by atoms with Crippen LogP contribution in [0.1, 0.15) is 60.2 Å². The molecule has 4 heteroatoms. The van der Waals surface area contributed by atoms with E-state index in [0.29, 0.717) is 11.5 Å². The van der Waals surface area contributed by atoms with E-state index in [4.69, 9.17) is 9.84 Å². The van der Waals surface area contributed by atoms with Crippen LogP contribution >= 0.6 is 0 Å². The molecule has 0 amide bonds. The van der Waals surface area contributed by atoms with Gasteiger partial charge in [-0.15, -0.1) is 0 Å². The summed E-state index contributed by atoms with van der Waals surface area (Å²) < 4.78 is 5.52. The van der Waals surface area contributed by atoms with E-state index in [9.17, 15) is 9.59 Å². The summed E-state index contributed by atoms with van der Waals surface area (Å²) in [4.78, 5) is 22.8. The third-order valence-electron chi connectivity index (χ3n) is 4.30. The van der Waals surface area contributed by atoms with Crippen LogP contribution in [0.15, 0.2) is 24.3 Å². The summed E-state index contributed by atoms with van der Waals surface area (Å²) in [7, 11) is 0. The van der Waals surface area contributed by atoms with Crippen molar-refractivity contribution in [3.8, 4) is 0 Å². The summed E-state index contributed by atoms with van der Waals surface area (Å²) in [6.07, 6.45) is 4.04. The minimum Gasteiger partial charge on any atom is -0.478 e. The Morgan fingerprint density at radius 1 is 1.05 bits per heavy atom. The standard InChI is InChI=1S/C17H22O4/c1-11(2)12-7-9-15(10-8-12)21-17(20)14-5-3-13(4-6-14)16(18)19/h3-6,11-12,15H,7-10H2,1-2H3,(H,18,19). The van der Waals surface area contributed by atoms with E-state index in [-0.39, 0.29) is 17.6 Å². The second kappa shape index (κ2) is 6.74. The zero-order chi connectivity index (χ0) is 15.4. The zero-order valence-corrected chi connectivity index (χ0v) is 12.5. The van der Waals surface area contributed by atoms with Crippen molar-refractivity contribution in [2.75, 3.05) is 0 Å².